The van der Waals surface area contributed by atoms with Gasteiger partial charge in [0.1, 0.15) is 0 Å². The third-order valence-electron chi connectivity index (χ3n) is 6.03. The molecule has 30 heavy (non-hydrogen) atoms. The summed E-state index contributed by atoms with van der Waals surface area (Å²) in [6, 6.07) is 0. The van der Waals surface area contributed by atoms with E-state index in [0.29, 0.717) is 6.42 Å². The molecule has 0 rings (SSSR count). The van der Waals surface area contributed by atoms with Gasteiger partial charge in [0.15, 0.2) is 0 Å². The molecule has 176 valence electrons. The van der Waals surface area contributed by atoms with Crippen LogP contribution in [0.5, 0.6) is 0 Å². The van der Waals surface area contributed by atoms with E-state index in [0.717, 1.165) is 51.4 Å². The fraction of sp³-hybridized carbons (Fsp3) is 1.00. The van der Waals surface area contributed by atoms with Gasteiger partial charge in [0, 0.05) is 5.25 Å². The van der Waals surface area contributed by atoms with Crippen molar-refractivity contribution in [3.05, 3.63) is 0 Å². The first-order valence-electron chi connectivity index (χ1n) is 12.5. The molecule has 2 unspecified atom stereocenters. The smallest absolute Gasteiger partial charge is 0.748 e. The van der Waals surface area contributed by atoms with Gasteiger partial charge >= 0.3 is 29.6 Å². The summed E-state index contributed by atoms with van der Waals surface area (Å²) in [5, 5.41) is 9.31. The fourth-order valence-corrected chi connectivity index (χ4v) is 4.31. The molecule has 0 aliphatic rings. The summed E-state index contributed by atoms with van der Waals surface area (Å²) in [5.41, 5.74) is 0. The number of aliphatic hydroxyl groups is 1. The zero-order valence-corrected chi connectivity index (χ0v) is 23.2. The number of aliphatic hydroxyl groups excluding tert-OH is 1. The molecule has 0 bridgehead atoms. The fourth-order valence-electron chi connectivity index (χ4n) is 3.85. The number of hydrogen-bond acceptors (Lipinski definition) is 4. The van der Waals surface area contributed by atoms with Gasteiger partial charge in [0.2, 0.25) is 0 Å². The van der Waals surface area contributed by atoms with Crippen LogP contribution in [0.25, 0.3) is 0 Å². The molecule has 0 aromatic heterocycles. The van der Waals surface area contributed by atoms with Crippen molar-refractivity contribution in [2.75, 3.05) is 0 Å². The van der Waals surface area contributed by atoms with Crippen LogP contribution in [0.2, 0.25) is 0 Å². The van der Waals surface area contributed by atoms with Crippen LogP contribution in [0.1, 0.15) is 142 Å². The molecule has 4 nitrogen and oxygen atoms in total. The van der Waals surface area contributed by atoms with Crippen molar-refractivity contribution in [1.82, 2.24) is 0 Å². The molecule has 0 aliphatic carbocycles. The number of hydrogen-bond donors (Lipinski definition) is 1. The Bertz CT molecular complexity index is 442. The van der Waals surface area contributed by atoms with E-state index >= 15 is 0 Å². The van der Waals surface area contributed by atoms with E-state index in [1.165, 1.54) is 77.6 Å². The van der Waals surface area contributed by atoms with Gasteiger partial charge in [-0.1, -0.05) is 116 Å². The van der Waals surface area contributed by atoms with Crippen LogP contribution >= 0.6 is 0 Å². The van der Waals surface area contributed by atoms with Crippen molar-refractivity contribution < 1.29 is 47.6 Å². The second-order valence-corrected chi connectivity index (χ2v) is 10.8. The molecular weight excluding hydrogens is 407 g/mol. The molecule has 0 heterocycles. The van der Waals surface area contributed by atoms with Gasteiger partial charge in [-0.3, -0.25) is 0 Å². The van der Waals surface area contributed by atoms with Gasteiger partial charge in [0.05, 0.1) is 16.2 Å². The Hall–Kier alpha value is 0.870. The topological polar surface area (TPSA) is 77.4 Å². The van der Waals surface area contributed by atoms with E-state index in [1.807, 2.05) is 0 Å². The summed E-state index contributed by atoms with van der Waals surface area (Å²) in [7, 11) is -4.12. The van der Waals surface area contributed by atoms with Crippen molar-refractivity contribution in [3.63, 3.8) is 0 Å². The van der Waals surface area contributed by atoms with Crippen molar-refractivity contribution in [3.8, 4) is 0 Å². The van der Waals surface area contributed by atoms with E-state index in [4.69, 9.17) is 0 Å². The van der Waals surface area contributed by atoms with Crippen LogP contribution < -0.4 is 29.6 Å². The Morgan fingerprint density at radius 3 is 1.27 bits per heavy atom. The van der Waals surface area contributed by atoms with E-state index in [2.05, 4.69) is 6.92 Å². The molecule has 0 radical (unpaired) electrons. The van der Waals surface area contributed by atoms with E-state index in [1.54, 1.807) is 0 Å². The van der Waals surface area contributed by atoms with Crippen LogP contribution in [0.15, 0.2) is 0 Å². The van der Waals surface area contributed by atoms with Crippen molar-refractivity contribution >= 4 is 10.1 Å². The second kappa shape index (κ2) is 23.0. The average Bonchev–Trinajstić information content (AvgIpc) is 2.67. The molecule has 2 atom stereocenters. The molecule has 0 aliphatic heterocycles. The van der Waals surface area contributed by atoms with Gasteiger partial charge in [0.25, 0.3) is 0 Å². The Kier molecular flexibility index (Phi) is 25.4. The van der Waals surface area contributed by atoms with Crippen molar-refractivity contribution in [1.29, 1.82) is 0 Å². The Morgan fingerprint density at radius 1 is 0.633 bits per heavy atom. The average molecular weight is 457 g/mol. The maximum absolute atomic E-state index is 10.8. The van der Waals surface area contributed by atoms with E-state index in [-0.39, 0.29) is 35.7 Å². The zero-order valence-electron chi connectivity index (χ0n) is 20.4. The first-order valence-corrected chi connectivity index (χ1v) is 14.0. The number of rotatable bonds is 22. The Balaban J connectivity index is 0. The number of unbranched alkanes of at least 4 members (excludes halogenated alkanes) is 15. The largest absolute Gasteiger partial charge is 1.00 e. The minimum atomic E-state index is -4.12. The quantitative estimate of drug-likeness (QED) is 0.151. The summed E-state index contributed by atoms with van der Waals surface area (Å²) in [5.74, 6) is 0. The Morgan fingerprint density at radius 2 is 0.933 bits per heavy atom. The van der Waals surface area contributed by atoms with Crippen LogP contribution in [-0.4, -0.2) is 29.4 Å². The molecule has 0 fully saturated rings. The summed E-state index contributed by atoms with van der Waals surface area (Å²) < 4.78 is 32.4. The van der Waals surface area contributed by atoms with Gasteiger partial charge in [-0.2, -0.15) is 0 Å². The van der Waals surface area contributed by atoms with Crippen molar-refractivity contribution in [2.24, 2.45) is 0 Å². The standard InChI is InChI=1S/C24H50O4S.Na/c1-3-4-5-6-7-8-9-10-11-12-15-18-21-24(25)22-19-16-13-14-17-20-23(2)29(26,27)28;/h23-25H,3-22H2,1-2H3,(H,26,27,28);/q;+1/p-1. The Labute approximate surface area is 210 Å². The van der Waals surface area contributed by atoms with E-state index < -0.39 is 15.4 Å². The normalized spacial score (nSPS) is 13.7. The van der Waals surface area contributed by atoms with Crippen LogP contribution in [0, 0.1) is 0 Å². The summed E-state index contributed by atoms with van der Waals surface area (Å²) in [6.45, 7) is 3.76. The maximum Gasteiger partial charge on any atom is 1.00 e. The first kappa shape index (κ1) is 33.0. The molecule has 0 aromatic rings. The van der Waals surface area contributed by atoms with Gasteiger partial charge in [-0.05, 0) is 26.2 Å². The SMILES string of the molecule is CCCCCCCCCCCCCCC(O)CCCCCCCC(C)S(=O)(=O)[O-].[Na+]. The van der Waals surface area contributed by atoms with Gasteiger partial charge in [-0.25, -0.2) is 8.42 Å². The molecule has 0 spiro atoms. The van der Waals surface area contributed by atoms with Gasteiger partial charge in [-0.15, -0.1) is 0 Å². The van der Waals surface area contributed by atoms with Crippen LogP contribution in [0.4, 0.5) is 0 Å². The predicted molar refractivity (Wildman–Crippen MR) is 123 cm³/mol. The monoisotopic (exact) mass is 456 g/mol. The molecule has 0 amide bonds. The predicted octanol–water partition coefficient (Wildman–Crippen LogP) is 4.11. The second-order valence-electron chi connectivity index (χ2n) is 8.98. The molecule has 0 saturated carbocycles. The van der Waals surface area contributed by atoms with Crippen LogP contribution in [0.3, 0.4) is 0 Å². The minimum absolute atomic E-state index is 0. The molecule has 6 heteroatoms. The van der Waals surface area contributed by atoms with Crippen LogP contribution in [-0.2, 0) is 10.1 Å². The minimum Gasteiger partial charge on any atom is -0.748 e. The molecule has 0 saturated heterocycles. The summed E-state index contributed by atoms with van der Waals surface area (Å²) >= 11 is 0. The third kappa shape index (κ3) is 23.5. The summed E-state index contributed by atoms with van der Waals surface area (Å²) in [4.78, 5) is 0. The molecule has 0 aromatic carbocycles. The van der Waals surface area contributed by atoms with Gasteiger partial charge < -0.3 is 9.66 Å². The summed E-state index contributed by atoms with van der Waals surface area (Å²) in [6.07, 6.45) is 23.2. The molecule has 1 N–H and O–H groups in total. The zero-order chi connectivity index (χ0) is 21.8. The first-order chi connectivity index (χ1) is 13.9. The third-order valence-corrected chi connectivity index (χ3v) is 7.25. The van der Waals surface area contributed by atoms with E-state index in [9.17, 15) is 18.1 Å². The molecular formula is C24H49NaO4S. The van der Waals surface area contributed by atoms with Crippen molar-refractivity contribution in [2.45, 2.75) is 154 Å². The maximum atomic E-state index is 10.8.